The molecule has 5 rings (SSSR count). The van der Waals surface area contributed by atoms with E-state index >= 15 is 0 Å². The zero-order valence-electron chi connectivity index (χ0n) is 14.1. The number of hydrogen-bond donors (Lipinski definition) is 1. The van der Waals surface area contributed by atoms with Gasteiger partial charge in [-0.05, 0) is 74.2 Å². The summed E-state index contributed by atoms with van der Waals surface area (Å²) >= 11 is 5.93. The molecule has 4 nitrogen and oxygen atoms in total. The fraction of sp³-hybridized carbons (Fsp3) is 0.400. The normalized spacial score (nSPS) is 27.9. The van der Waals surface area contributed by atoms with Crippen LogP contribution in [0.1, 0.15) is 28.8 Å². The van der Waals surface area contributed by atoms with Crippen molar-refractivity contribution < 1.29 is 4.79 Å². The molecule has 1 aromatic carbocycles. The molecule has 4 heterocycles. The Morgan fingerprint density at radius 2 is 1.96 bits per heavy atom. The largest absolute Gasteiger partial charge is 0.347 e. The minimum absolute atomic E-state index is 0.00777. The zero-order chi connectivity index (χ0) is 17.2. The van der Waals surface area contributed by atoms with Gasteiger partial charge in [0.2, 0.25) is 0 Å². The van der Waals surface area contributed by atoms with Crippen molar-refractivity contribution in [2.24, 2.45) is 5.92 Å². The van der Waals surface area contributed by atoms with Crippen LogP contribution in [-0.4, -0.2) is 41.0 Å². The number of halogens is 1. The third-order valence-corrected chi connectivity index (χ3v) is 5.79. The number of nitrogens with zero attached hydrogens (tertiary/aromatic N) is 2. The summed E-state index contributed by atoms with van der Waals surface area (Å²) in [6, 6.07) is 11.7. The summed E-state index contributed by atoms with van der Waals surface area (Å²) in [6.45, 7) is 2.26. The molecule has 25 heavy (non-hydrogen) atoms. The molecular weight excluding hydrogens is 334 g/mol. The molecule has 3 fully saturated rings. The van der Waals surface area contributed by atoms with Crippen LogP contribution in [0.5, 0.6) is 0 Å². The van der Waals surface area contributed by atoms with Crippen LogP contribution in [0, 0.1) is 5.92 Å². The first-order chi connectivity index (χ1) is 12.2. The quantitative estimate of drug-likeness (QED) is 0.916. The molecule has 3 aliphatic heterocycles. The molecule has 2 aromatic rings. The third kappa shape index (κ3) is 3.55. The van der Waals surface area contributed by atoms with Crippen LogP contribution in [-0.2, 0) is 6.42 Å². The maximum absolute atomic E-state index is 12.7. The molecular formula is C20H22ClN3O. The number of pyridine rings is 1. The molecule has 0 aliphatic carbocycles. The smallest absolute Gasteiger partial charge is 0.251 e. The standard InChI is InChI=1S/C20H22ClN3O/c21-17-5-3-16(4-6-17)20(25)23-19-15-7-10-24(11-8-15)18(19)12-14-2-1-9-22-13-14/h1-6,9,13,15,18-19H,7-8,10-12H2,(H,23,25). The minimum atomic E-state index is -0.00777. The molecule has 0 spiro atoms. The average Bonchev–Trinajstić information content (AvgIpc) is 2.66. The van der Waals surface area contributed by atoms with Crippen molar-refractivity contribution in [2.75, 3.05) is 13.1 Å². The topological polar surface area (TPSA) is 45.2 Å². The predicted molar refractivity (Wildman–Crippen MR) is 98.7 cm³/mol. The first-order valence-electron chi connectivity index (χ1n) is 8.90. The van der Waals surface area contributed by atoms with Crippen molar-refractivity contribution in [3.63, 3.8) is 0 Å². The number of carbonyl (C=O) groups excluding carboxylic acids is 1. The van der Waals surface area contributed by atoms with E-state index in [-0.39, 0.29) is 11.9 Å². The van der Waals surface area contributed by atoms with E-state index < -0.39 is 0 Å². The average molecular weight is 356 g/mol. The van der Waals surface area contributed by atoms with Crippen LogP contribution >= 0.6 is 11.6 Å². The molecule has 2 unspecified atom stereocenters. The molecule has 0 saturated carbocycles. The van der Waals surface area contributed by atoms with Gasteiger partial charge in [0.1, 0.15) is 0 Å². The lowest BCUT2D eigenvalue weighted by Gasteiger charge is -2.51. The van der Waals surface area contributed by atoms with Crippen LogP contribution in [0.3, 0.4) is 0 Å². The van der Waals surface area contributed by atoms with Crippen molar-refractivity contribution >= 4 is 17.5 Å². The maximum Gasteiger partial charge on any atom is 0.251 e. The third-order valence-electron chi connectivity index (χ3n) is 5.54. The number of carbonyl (C=O) groups is 1. The van der Waals surface area contributed by atoms with Crippen molar-refractivity contribution in [1.29, 1.82) is 0 Å². The SMILES string of the molecule is O=C(NC1C2CCN(CC2)C1Cc1cccnc1)c1ccc(Cl)cc1. The number of piperidine rings is 3. The summed E-state index contributed by atoms with van der Waals surface area (Å²) in [6.07, 6.45) is 6.98. The molecule has 3 saturated heterocycles. The summed E-state index contributed by atoms with van der Waals surface area (Å²) in [5, 5.41) is 3.96. The Bertz CT molecular complexity index is 726. The number of hydrogen-bond acceptors (Lipinski definition) is 3. The van der Waals surface area contributed by atoms with Crippen molar-refractivity contribution in [1.82, 2.24) is 15.2 Å². The van der Waals surface area contributed by atoms with Crippen LogP contribution < -0.4 is 5.32 Å². The van der Waals surface area contributed by atoms with E-state index in [2.05, 4.69) is 21.3 Å². The van der Waals surface area contributed by atoms with Gasteiger partial charge in [0.05, 0.1) is 0 Å². The number of nitrogens with one attached hydrogen (secondary N) is 1. The van der Waals surface area contributed by atoms with Crippen molar-refractivity contribution in [3.05, 3.63) is 64.9 Å². The fourth-order valence-electron chi connectivity index (χ4n) is 4.22. The summed E-state index contributed by atoms with van der Waals surface area (Å²) in [7, 11) is 0. The van der Waals surface area contributed by atoms with Gasteiger partial charge >= 0.3 is 0 Å². The van der Waals surface area contributed by atoms with Crippen LogP contribution in [0.2, 0.25) is 5.02 Å². The summed E-state index contributed by atoms with van der Waals surface area (Å²) in [4.78, 5) is 19.5. The maximum atomic E-state index is 12.7. The van der Waals surface area contributed by atoms with E-state index in [1.807, 2.05) is 12.3 Å². The van der Waals surface area contributed by atoms with Crippen LogP contribution in [0.25, 0.3) is 0 Å². The molecule has 2 atom stereocenters. The number of benzene rings is 1. The lowest BCUT2D eigenvalue weighted by molar-refractivity contribution is 0.0136. The second-order valence-corrected chi connectivity index (χ2v) is 7.45. The van der Waals surface area contributed by atoms with Crippen molar-refractivity contribution in [2.45, 2.75) is 31.3 Å². The molecule has 1 N–H and O–H groups in total. The van der Waals surface area contributed by atoms with Gasteiger partial charge in [-0.15, -0.1) is 0 Å². The Hall–Kier alpha value is -1.91. The second kappa shape index (κ2) is 7.14. The molecule has 3 aliphatic rings. The van der Waals surface area contributed by atoms with E-state index in [9.17, 15) is 4.79 Å². The Morgan fingerprint density at radius 1 is 1.20 bits per heavy atom. The number of rotatable bonds is 4. The fourth-order valence-corrected chi connectivity index (χ4v) is 4.34. The monoisotopic (exact) mass is 355 g/mol. The van der Waals surface area contributed by atoms with E-state index in [0.717, 1.165) is 32.4 Å². The van der Waals surface area contributed by atoms with Gasteiger partial charge in [-0.25, -0.2) is 0 Å². The van der Waals surface area contributed by atoms with Gasteiger partial charge in [-0.2, -0.15) is 0 Å². The van der Waals surface area contributed by atoms with E-state index in [1.165, 1.54) is 5.56 Å². The Morgan fingerprint density at radius 3 is 2.64 bits per heavy atom. The minimum Gasteiger partial charge on any atom is -0.347 e. The highest BCUT2D eigenvalue weighted by Crippen LogP contribution is 2.34. The molecule has 0 radical (unpaired) electrons. The van der Waals surface area contributed by atoms with Crippen molar-refractivity contribution in [3.8, 4) is 0 Å². The summed E-state index contributed by atoms with van der Waals surface area (Å²) in [5.74, 6) is 0.550. The van der Waals surface area contributed by atoms with Crippen LogP contribution in [0.4, 0.5) is 0 Å². The number of amides is 1. The lowest BCUT2D eigenvalue weighted by Crippen LogP contribution is -2.64. The van der Waals surface area contributed by atoms with Gasteiger partial charge in [-0.3, -0.25) is 14.7 Å². The lowest BCUT2D eigenvalue weighted by atomic mass is 9.76. The van der Waals surface area contributed by atoms with E-state index in [0.29, 0.717) is 22.5 Å². The Kier molecular flexibility index (Phi) is 4.73. The number of fused-ring (bicyclic) bond motifs is 3. The molecule has 1 amide bonds. The predicted octanol–water partition coefficient (Wildman–Crippen LogP) is 3.17. The highest BCUT2D eigenvalue weighted by molar-refractivity contribution is 6.30. The second-order valence-electron chi connectivity index (χ2n) is 7.01. The summed E-state index contributed by atoms with van der Waals surface area (Å²) in [5.41, 5.74) is 1.90. The molecule has 1 aromatic heterocycles. The highest BCUT2D eigenvalue weighted by atomic mass is 35.5. The highest BCUT2D eigenvalue weighted by Gasteiger charge is 2.42. The van der Waals surface area contributed by atoms with Gasteiger partial charge in [0.15, 0.2) is 0 Å². The zero-order valence-corrected chi connectivity index (χ0v) is 14.8. The Labute approximate surface area is 153 Å². The summed E-state index contributed by atoms with van der Waals surface area (Å²) < 4.78 is 0. The van der Waals surface area contributed by atoms with Gasteiger partial charge in [-0.1, -0.05) is 17.7 Å². The first-order valence-corrected chi connectivity index (χ1v) is 9.28. The van der Waals surface area contributed by atoms with Gasteiger partial charge < -0.3 is 5.32 Å². The van der Waals surface area contributed by atoms with Crippen LogP contribution in [0.15, 0.2) is 48.8 Å². The number of aromatic nitrogens is 1. The van der Waals surface area contributed by atoms with E-state index in [4.69, 9.17) is 11.6 Å². The van der Waals surface area contributed by atoms with Gasteiger partial charge in [0, 0.05) is 35.1 Å². The molecule has 130 valence electrons. The van der Waals surface area contributed by atoms with Gasteiger partial charge in [0.25, 0.3) is 5.91 Å². The Balaban J connectivity index is 1.52. The molecule has 2 bridgehead atoms. The first kappa shape index (κ1) is 16.6. The molecule has 5 heteroatoms. The van der Waals surface area contributed by atoms with E-state index in [1.54, 1.807) is 30.5 Å².